The Hall–Kier alpha value is -3.39. The second kappa shape index (κ2) is 7.79. The maximum Gasteiger partial charge on any atom is 0.241 e. The van der Waals surface area contributed by atoms with E-state index in [9.17, 15) is 17.2 Å². The van der Waals surface area contributed by atoms with E-state index in [1.165, 1.54) is 7.11 Å². The van der Waals surface area contributed by atoms with Gasteiger partial charge in [-0.1, -0.05) is 30.3 Å². The Morgan fingerprint density at radius 2 is 1.70 bits per heavy atom. The smallest absolute Gasteiger partial charge is 0.241 e. The monoisotopic (exact) mass is 427 g/mol. The Bertz CT molecular complexity index is 1280. The predicted octanol–water partition coefficient (Wildman–Crippen LogP) is 5.07. The van der Waals surface area contributed by atoms with E-state index in [2.05, 4.69) is 9.71 Å². The molecule has 0 aliphatic rings. The van der Waals surface area contributed by atoms with Crippen LogP contribution in [0.4, 0.5) is 14.5 Å². The van der Waals surface area contributed by atoms with Crippen molar-refractivity contribution in [1.82, 2.24) is 4.98 Å². The number of hydrogen-bond acceptors (Lipinski definition) is 3. The van der Waals surface area contributed by atoms with Gasteiger partial charge in [0.15, 0.2) is 11.6 Å². The van der Waals surface area contributed by atoms with Crippen molar-refractivity contribution in [3.8, 4) is 17.0 Å². The summed E-state index contributed by atoms with van der Waals surface area (Å²) in [6.07, 6.45) is 0. The lowest BCUT2D eigenvalue weighted by atomic mass is 10.1. The van der Waals surface area contributed by atoms with Crippen LogP contribution in [-0.2, 0) is 10.0 Å². The zero-order chi connectivity index (χ0) is 21.3. The third-order valence-corrected chi connectivity index (χ3v) is 5.60. The SMILES string of the molecule is COc1ccc(-c2cc3cc(F)c(F)cc3[nH]2)cc1NS(=O)(=O)[CH]c1ccccc1. The van der Waals surface area contributed by atoms with Crippen LogP contribution in [0.5, 0.6) is 5.75 Å². The Labute approximate surface area is 172 Å². The molecule has 0 spiro atoms. The summed E-state index contributed by atoms with van der Waals surface area (Å²) in [6, 6.07) is 17.4. The number of benzene rings is 3. The van der Waals surface area contributed by atoms with E-state index in [0.29, 0.717) is 33.5 Å². The van der Waals surface area contributed by atoms with Gasteiger partial charge >= 0.3 is 0 Å². The molecule has 3 aromatic carbocycles. The summed E-state index contributed by atoms with van der Waals surface area (Å²) in [4.78, 5) is 3.01. The fraction of sp³-hybridized carbons (Fsp3) is 0.0455. The number of hydrogen-bond donors (Lipinski definition) is 2. The zero-order valence-electron chi connectivity index (χ0n) is 15.8. The minimum absolute atomic E-state index is 0.234. The van der Waals surface area contributed by atoms with Gasteiger partial charge < -0.3 is 9.72 Å². The Morgan fingerprint density at radius 3 is 2.43 bits per heavy atom. The number of ether oxygens (including phenoxy) is 1. The van der Waals surface area contributed by atoms with Gasteiger partial charge in [0.1, 0.15) is 11.5 Å². The van der Waals surface area contributed by atoms with Crippen LogP contribution < -0.4 is 9.46 Å². The predicted molar refractivity (Wildman–Crippen MR) is 113 cm³/mol. The van der Waals surface area contributed by atoms with E-state index in [0.717, 1.165) is 17.9 Å². The summed E-state index contributed by atoms with van der Waals surface area (Å²) >= 11 is 0. The van der Waals surface area contributed by atoms with Gasteiger partial charge in [-0.3, -0.25) is 4.72 Å². The maximum absolute atomic E-state index is 13.5. The van der Waals surface area contributed by atoms with Crippen molar-refractivity contribution >= 4 is 26.6 Å². The van der Waals surface area contributed by atoms with Crippen LogP contribution in [0.15, 0.2) is 66.7 Å². The molecule has 4 rings (SSSR count). The molecule has 0 aliphatic heterocycles. The van der Waals surface area contributed by atoms with Gasteiger partial charge in [-0.05, 0) is 35.9 Å². The lowest BCUT2D eigenvalue weighted by molar-refractivity contribution is 0.417. The Morgan fingerprint density at radius 1 is 0.967 bits per heavy atom. The number of H-pyrrole nitrogens is 1. The van der Waals surface area contributed by atoms with Crippen molar-refractivity contribution in [3.05, 3.63) is 89.7 Å². The van der Waals surface area contributed by atoms with E-state index in [-0.39, 0.29) is 5.69 Å². The summed E-state index contributed by atoms with van der Waals surface area (Å²) in [5, 5.41) is 0.499. The highest BCUT2D eigenvalue weighted by atomic mass is 32.2. The molecule has 5 nitrogen and oxygen atoms in total. The first kappa shape index (κ1) is 19.9. The van der Waals surface area contributed by atoms with Crippen molar-refractivity contribution in [1.29, 1.82) is 0 Å². The van der Waals surface area contributed by atoms with Gasteiger partial charge in [0, 0.05) is 28.2 Å². The number of fused-ring (bicyclic) bond motifs is 1. The van der Waals surface area contributed by atoms with Gasteiger partial charge in [0.25, 0.3) is 0 Å². The summed E-state index contributed by atoms with van der Waals surface area (Å²) in [7, 11) is -2.39. The number of sulfonamides is 1. The zero-order valence-corrected chi connectivity index (χ0v) is 16.6. The molecule has 30 heavy (non-hydrogen) atoms. The molecule has 4 aromatic rings. The normalized spacial score (nSPS) is 11.6. The van der Waals surface area contributed by atoms with E-state index >= 15 is 0 Å². The molecule has 0 fully saturated rings. The number of anilines is 1. The van der Waals surface area contributed by atoms with Crippen LogP contribution in [0.1, 0.15) is 5.56 Å². The third-order valence-electron chi connectivity index (χ3n) is 4.52. The first-order valence-electron chi connectivity index (χ1n) is 8.93. The second-order valence-corrected chi connectivity index (χ2v) is 8.16. The van der Waals surface area contributed by atoms with E-state index < -0.39 is 21.7 Å². The molecule has 0 saturated carbocycles. The Balaban J connectivity index is 1.68. The molecular weight excluding hydrogens is 410 g/mol. The second-order valence-electron chi connectivity index (χ2n) is 6.63. The fourth-order valence-corrected chi connectivity index (χ4v) is 4.17. The van der Waals surface area contributed by atoms with E-state index in [4.69, 9.17) is 4.74 Å². The quantitative estimate of drug-likeness (QED) is 0.451. The van der Waals surface area contributed by atoms with Gasteiger partial charge in [0.2, 0.25) is 10.0 Å². The molecule has 0 bridgehead atoms. The van der Waals surface area contributed by atoms with Gasteiger partial charge in [-0.2, -0.15) is 0 Å². The minimum atomic E-state index is -3.82. The van der Waals surface area contributed by atoms with Gasteiger partial charge in [0.05, 0.1) is 12.8 Å². The lowest BCUT2D eigenvalue weighted by Crippen LogP contribution is -2.14. The van der Waals surface area contributed by atoms with Crippen LogP contribution in [0.25, 0.3) is 22.2 Å². The number of aromatic nitrogens is 1. The fourth-order valence-electron chi connectivity index (χ4n) is 3.13. The molecule has 1 heterocycles. The van der Waals surface area contributed by atoms with Gasteiger partial charge in [-0.15, -0.1) is 0 Å². The first-order valence-corrected chi connectivity index (χ1v) is 10.5. The summed E-state index contributed by atoms with van der Waals surface area (Å²) in [5.74, 6) is -0.437. The van der Waals surface area contributed by atoms with Crippen LogP contribution in [0.3, 0.4) is 0 Å². The topological polar surface area (TPSA) is 71.2 Å². The molecule has 1 aromatic heterocycles. The molecule has 0 unspecified atom stereocenters. The van der Waals surface area contributed by atoms with Crippen molar-refractivity contribution in [2.24, 2.45) is 0 Å². The third kappa shape index (κ3) is 4.13. The maximum atomic E-state index is 13.5. The van der Waals surface area contributed by atoms with E-state index in [1.807, 2.05) is 0 Å². The number of halogens is 2. The standard InChI is InChI=1S/C22H17F2N2O3S/c1-29-22-8-7-15(19-11-16-9-17(23)18(24)12-20(16)25-19)10-21(22)26-30(27,28)13-14-5-3-2-4-6-14/h2-13,25-26H,1H3. The van der Waals surface area contributed by atoms with Crippen molar-refractivity contribution < 1.29 is 21.9 Å². The van der Waals surface area contributed by atoms with Crippen LogP contribution in [0, 0.1) is 17.4 Å². The number of rotatable bonds is 6. The average molecular weight is 427 g/mol. The molecule has 0 saturated heterocycles. The summed E-state index contributed by atoms with van der Waals surface area (Å²) in [6.45, 7) is 0. The van der Waals surface area contributed by atoms with Crippen molar-refractivity contribution in [2.45, 2.75) is 0 Å². The van der Waals surface area contributed by atoms with E-state index in [1.54, 1.807) is 54.6 Å². The summed E-state index contributed by atoms with van der Waals surface area (Å²) < 4.78 is 60.0. The average Bonchev–Trinajstić information content (AvgIpc) is 3.11. The molecule has 0 amide bonds. The Kier molecular flexibility index (Phi) is 5.17. The molecule has 153 valence electrons. The molecule has 2 N–H and O–H groups in total. The number of nitrogens with one attached hydrogen (secondary N) is 2. The minimum Gasteiger partial charge on any atom is -0.495 e. The molecule has 0 aliphatic carbocycles. The molecule has 1 radical (unpaired) electrons. The molecule has 0 atom stereocenters. The highest BCUT2D eigenvalue weighted by Crippen LogP contribution is 2.33. The van der Waals surface area contributed by atoms with Crippen LogP contribution in [0.2, 0.25) is 0 Å². The van der Waals surface area contributed by atoms with Crippen molar-refractivity contribution in [3.63, 3.8) is 0 Å². The van der Waals surface area contributed by atoms with Crippen LogP contribution >= 0.6 is 0 Å². The molecular formula is C22H17F2N2O3S. The first-order chi connectivity index (χ1) is 14.3. The number of methoxy groups -OCH3 is 1. The summed E-state index contributed by atoms with van der Waals surface area (Å²) in [5.41, 5.74) is 2.38. The largest absolute Gasteiger partial charge is 0.495 e. The highest BCUT2D eigenvalue weighted by molar-refractivity contribution is 7.94. The van der Waals surface area contributed by atoms with Crippen molar-refractivity contribution in [2.75, 3.05) is 11.8 Å². The highest BCUT2D eigenvalue weighted by Gasteiger charge is 2.17. The number of aromatic amines is 1. The lowest BCUT2D eigenvalue weighted by Gasteiger charge is -2.13. The van der Waals surface area contributed by atoms with Gasteiger partial charge in [-0.25, -0.2) is 17.2 Å². The molecule has 8 heteroatoms. The van der Waals surface area contributed by atoms with Crippen LogP contribution in [-0.4, -0.2) is 20.5 Å².